The molecular formula is C10H11F3N4. The molecule has 17 heavy (non-hydrogen) atoms. The molecule has 4 nitrogen and oxygen atoms in total. The number of benzene rings is 1. The SMILES string of the molecule is Nc1ccc(NC2=NCCN2)c(C(F)(F)F)c1. The summed E-state index contributed by atoms with van der Waals surface area (Å²) in [5, 5.41) is 5.45. The predicted molar refractivity (Wildman–Crippen MR) is 59.8 cm³/mol. The van der Waals surface area contributed by atoms with Crippen LogP contribution in [0.1, 0.15) is 5.56 Å². The lowest BCUT2D eigenvalue weighted by molar-refractivity contribution is -0.136. The van der Waals surface area contributed by atoms with Gasteiger partial charge >= 0.3 is 6.18 Å². The summed E-state index contributed by atoms with van der Waals surface area (Å²) in [4.78, 5) is 3.97. The molecule has 0 fully saturated rings. The predicted octanol–water partition coefficient (Wildman–Crippen LogP) is 1.66. The third-order valence-electron chi connectivity index (χ3n) is 2.28. The molecule has 0 radical (unpaired) electrons. The van der Waals surface area contributed by atoms with Crippen molar-refractivity contribution in [3.63, 3.8) is 0 Å². The molecule has 0 atom stereocenters. The molecule has 0 aromatic heterocycles. The Labute approximate surface area is 95.7 Å². The van der Waals surface area contributed by atoms with E-state index in [-0.39, 0.29) is 11.4 Å². The second-order valence-electron chi connectivity index (χ2n) is 3.58. The lowest BCUT2D eigenvalue weighted by Crippen LogP contribution is -2.27. The van der Waals surface area contributed by atoms with E-state index in [4.69, 9.17) is 5.73 Å². The van der Waals surface area contributed by atoms with Crippen molar-refractivity contribution in [1.82, 2.24) is 5.32 Å². The largest absolute Gasteiger partial charge is 0.418 e. The standard InChI is InChI=1S/C10H11F3N4/c11-10(12,13)7-5-6(14)1-2-8(7)17-9-15-3-4-16-9/h1-2,5H,3-4,14H2,(H2,15,16,17). The minimum atomic E-state index is -4.45. The lowest BCUT2D eigenvalue weighted by Gasteiger charge is -2.15. The van der Waals surface area contributed by atoms with Gasteiger partial charge in [0.15, 0.2) is 5.96 Å². The molecule has 1 aliphatic rings. The van der Waals surface area contributed by atoms with E-state index in [9.17, 15) is 13.2 Å². The summed E-state index contributed by atoms with van der Waals surface area (Å²) in [5.41, 5.74) is 4.58. The number of halogens is 3. The van der Waals surface area contributed by atoms with Crippen LogP contribution in [-0.4, -0.2) is 19.0 Å². The molecule has 1 heterocycles. The summed E-state index contributed by atoms with van der Waals surface area (Å²) in [6, 6.07) is 3.60. The first kappa shape index (κ1) is 11.6. The van der Waals surface area contributed by atoms with Gasteiger partial charge in [-0.2, -0.15) is 13.2 Å². The molecule has 1 aromatic carbocycles. The van der Waals surface area contributed by atoms with E-state index in [1.807, 2.05) is 0 Å². The van der Waals surface area contributed by atoms with E-state index in [1.54, 1.807) is 0 Å². The maximum atomic E-state index is 12.7. The highest BCUT2D eigenvalue weighted by Gasteiger charge is 2.34. The van der Waals surface area contributed by atoms with Gasteiger partial charge in [0.1, 0.15) is 0 Å². The maximum absolute atomic E-state index is 12.7. The van der Waals surface area contributed by atoms with Gasteiger partial charge in [0.25, 0.3) is 0 Å². The smallest absolute Gasteiger partial charge is 0.399 e. The van der Waals surface area contributed by atoms with Crippen molar-refractivity contribution in [1.29, 1.82) is 0 Å². The fourth-order valence-electron chi connectivity index (χ4n) is 1.51. The number of hydrogen-bond acceptors (Lipinski definition) is 4. The molecule has 0 saturated heterocycles. The average Bonchev–Trinajstić information content (AvgIpc) is 2.72. The molecule has 4 N–H and O–H groups in total. The Morgan fingerprint density at radius 1 is 1.35 bits per heavy atom. The van der Waals surface area contributed by atoms with Crippen LogP contribution in [0.25, 0.3) is 0 Å². The Kier molecular flexibility index (Phi) is 2.83. The van der Waals surface area contributed by atoms with Crippen molar-refractivity contribution in [2.75, 3.05) is 24.1 Å². The molecule has 0 spiro atoms. The molecule has 7 heteroatoms. The lowest BCUT2D eigenvalue weighted by atomic mass is 10.1. The van der Waals surface area contributed by atoms with Gasteiger partial charge in [-0.05, 0) is 18.2 Å². The number of nitrogen functional groups attached to an aromatic ring is 1. The number of nitrogens with one attached hydrogen (secondary N) is 2. The van der Waals surface area contributed by atoms with Crippen molar-refractivity contribution in [2.24, 2.45) is 4.99 Å². The van der Waals surface area contributed by atoms with Gasteiger partial charge in [-0.15, -0.1) is 0 Å². The molecule has 92 valence electrons. The zero-order chi connectivity index (χ0) is 12.5. The maximum Gasteiger partial charge on any atom is 0.418 e. The van der Waals surface area contributed by atoms with Crippen LogP contribution in [0.4, 0.5) is 24.5 Å². The third kappa shape index (κ3) is 2.61. The van der Waals surface area contributed by atoms with Crippen molar-refractivity contribution >= 4 is 17.3 Å². The van der Waals surface area contributed by atoms with Crippen LogP contribution < -0.4 is 16.4 Å². The molecule has 0 aliphatic carbocycles. The highest BCUT2D eigenvalue weighted by molar-refractivity contribution is 5.95. The number of guanidine groups is 1. The van der Waals surface area contributed by atoms with Gasteiger partial charge in [-0.3, -0.25) is 4.99 Å². The zero-order valence-corrected chi connectivity index (χ0v) is 8.80. The van der Waals surface area contributed by atoms with Crippen molar-refractivity contribution in [2.45, 2.75) is 6.18 Å². The van der Waals surface area contributed by atoms with E-state index >= 15 is 0 Å². The van der Waals surface area contributed by atoms with Crippen LogP contribution in [0.15, 0.2) is 23.2 Å². The van der Waals surface area contributed by atoms with E-state index < -0.39 is 11.7 Å². The Hall–Kier alpha value is -1.92. The minimum absolute atomic E-state index is 0.0557. The van der Waals surface area contributed by atoms with Crippen LogP contribution in [-0.2, 0) is 6.18 Å². The summed E-state index contributed by atoms with van der Waals surface area (Å²) in [6.07, 6.45) is -4.45. The van der Waals surface area contributed by atoms with Crippen molar-refractivity contribution in [3.05, 3.63) is 23.8 Å². The van der Waals surface area contributed by atoms with Crippen LogP contribution in [0, 0.1) is 0 Å². The van der Waals surface area contributed by atoms with Crippen LogP contribution in [0.3, 0.4) is 0 Å². The highest BCUT2D eigenvalue weighted by atomic mass is 19.4. The first-order chi connectivity index (χ1) is 7.97. The van der Waals surface area contributed by atoms with E-state index in [0.717, 1.165) is 6.07 Å². The summed E-state index contributed by atoms with van der Waals surface area (Å²) in [5.74, 6) is 0.347. The quantitative estimate of drug-likeness (QED) is 0.658. The molecule has 2 rings (SSSR count). The fraction of sp³-hybridized carbons (Fsp3) is 0.300. The summed E-state index contributed by atoms with van der Waals surface area (Å²) in [6.45, 7) is 1.18. The number of nitrogens with zero attached hydrogens (tertiary/aromatic N) is 1. The molecule has 0 saturated carbocycles. The summed E-state index contributed by atoms with van der Waals surface area (Å²) >= 11 is 0. The summed E-state index contributed by atoms with van der Waals surface area (Å²) < 4.78 is 38.2. The van der Waals surface area contributed by atoms with Crippen molar-refractivity contribution < 1.29 is 13.2 Å². The first-order valence-electron chi connectivity index (χ1n) is 4.99. The number of rotatable bonds is 1. The van der Waals surface area contributed by atoms with Crippen LogP contribution in [0.2, 0.25) is 0 Å². The molecule has 1 aliphatic heterocycles. The molecule has 1 aromatic rings. The van der Waals surface area contributed by atoms with Gasteiger partial charge < -0.3 is 16.4 Å². The molecule has 0 bridgehead atoms. The van der Waals surface area contributed by atoms with Gasteiger partial charge in [0, 0.05) is 12.2 Å². The number of hydrogen-bond donors (Lipinski definition) is 3. The topological polar surface area (TPSA) is 62.4 Å². The Balaban J connectivity index is 2.32. The third-order valence-corrected chi connectivity index (χ3v) is 2.28. The Bertz CT molecular complexity index is 453. The first-order valence-corrected chi connectivity index (χ1v) is 4.99. The number of alkyl halides is 3. The summed E-state index contributed by atoms with van der Waals surface area (Å²) in [7, 11) is 0. The molecule has 0 amide bonds. The second kappa shape index (κ2) is 4.15. The monoisotopic (exact) mass is 244 g/mol. The average molecular weight is 244 g/mol. The second-order valence-corrected chi connectivity index (χ2v) is 3.58. The van der Waals surface area contributed by atoms with Gasteiger partial charge in [-0.1, -0.05) is 0 Å². The number of nitrogens with two attached hydrogens (primary N) is 1. The van der Waals surface area contributed by atoms with Gasteiger partial charge in [0.05, 0.1) is 17.8 Å². The number of aliphatic imine (C=N–C) groups is 1. The zero-order valence-electron chi connectivity index (χ0n) is 8.80. The Morgan fingerprint density at radius 3 is 2.71 bits per heavy atom. The minimum Gasteiger partial charge on any atom is -0.399 e. The van der Waals surface area contributed by atoms with Gasteiger partial charge in [-0.25, -0.2) is 0 Å². The normalized spacial score (nSPS) is 15.4. The van der Waals surface area contributed by atoms with Gasteiger partial charge in [0.2, 0.25) is 0 Å². The molecular weight excluding hydrogens is 233 g/mol. The van der Waals surface area contributed by atoms with E-state index in [0.29, 0.717) is 19.0 Å². The molecule has 0 unspecified atom stereocenters. The highest BCUT2D eigenvalue weighted by Crippen LogP contribution is 2.36. The Morgan fingerprint density at radius 2 is 2.12 bits per heavy atom. The van der Waals surface area contributed by atoms with Crippen LogP contribution >= 0.6 is 0 Å². The van der Waals surface area contributed by atoms with E-state index in [2.05, 4.69) is 15.6 Å². The van der Waals surface area contributed by atoms with Crippen molar-refractivity contribution in [3.8, 4) is 0 Å². The number of anilines is 2. The van der Waals surface area contributed by atoms with Crippen LogP contribution in [0.5, 0.6) is 0 Å². The fourth-order valence-corrected chi connectivity index (χ4v) is 1.51. The van der Waals surface area contributed by atoms with E-state index in [1.165, 1.54) is 12.1 Å².